The Morgan fingerprint density at radius 2 is 2.04 bits per heavy atom. The molecule has 0 aliphatic rings. The number of Topliss-reactive ketones (excluding diaryl/α,β-unsaturated/α-hetero) is 1. The molecule has 1 heterocycles. The average Bonchev–Trinajstić information content (AvgIpc) is 2.86. The number of aliphatic hydroxyl groups is 1. The summed E-state index contributed by atoms with van der Waals surface area (Å²) in [6.45, 7) is 3.42. The maximum absolute atomic E-state index is 12.4. The summed E-state index contributed by atoms with van der Waals surface area (Å²) in [5, 5.41) is 20.6. The molecular weight excluding hydrogens is 348 g/mol. The summed E-state index contributed by atoms with van der Waals surface area (Å²) >= 11 is 0. The largest absolute Gasteiger partial charge is 0.372 e. The zero-order chi connectivity index (χ0) is 20.0. The summed E-state index contributed by atoms with van der Waals surface area (Å²) in [5.41, 5.74) is 2.18. The van der Waals surface area contributed by atoms with E-state index in [2.05, 4.69) is 4.99 Å². The van der Waals surface area contributed by atoms with Crippen LogP contribution in [0.2, 0.25) is 0 Å². The van der Waals surface area contributed by atoms with E-state index in [-0.39, 0.29) is 24.4 Å². The third-order valence-electron chi connectivity index (χ3n) is 3.97. The highest BCUT2D eigenvalue weighted by atomic mass is 16.6. The molecule has 1 atom stereocenters. The van der Waals surface area contributed by atoms with Crippen LogP contribution in [-0.4, -0.2) is 31.2 Å². The molecule has 2 aromatic rings. The summed E-state index contributed by atoms with van der Waals surface area (Å²) in [5.74, 6) is -0.117. The average molecular weight is 372 g/mol. The third kappa shape index (κ3) is 5.01. The van der Waals surface area contributed by atoms with Gasteiger partial charge in [-0.3, -0.25) is 14.9 Å². The number of nitro groups is 1. The van der Waals surface area contributed by atoms with Gasteiger partial charge < -0.3 is 14.2 Å². The van der Waals surface area contributed by atoms with E-state index in [1.807, 2.05) is 42.8 Å². The van der Waals surface area contributed by atoms with Gasteiger partial charge >= 0.3 is 0 Å². The standard InChI is InChI=1S/C19H24N4O4/c1-4-8-15(23(26)27)9-7-10-16(25)13-22-18-12-6-5-11-17(18)21(3)19(22)20-14(2)24/h5-9,11-12,14,24H,4,10,13H2,1-3H3/b9-7-,15-8+,20-19-. The Hall–Kier alpha value is -3.00. The molecular formula is C19H24N4O4. The molecule has 1 unspecified atom stereocenters. The molecule has 1 aromatic heterocycles. The van der Waals surface area contributed by atoms with Crippen molar-refractivity contribution in [3.63, 3.8) is 0 Å². The number of hydrogen-bond donors (Lipinski definition) is 1. The number of allylic oxidation sites excluding steroid dienone is 3. The van der Waals surface area contributed by atoms with Crippen LogP contribution >= 0.6 is 0 Å². The van der Waals surface area contributed by atoms with Gasteiger partial charge in [-0.05, 0) is 31.6 Å². The van der Waals surface area contributed by atoms with Gasteiger partial charge in [0.2, 0.25) is 5.62 Å². The quantitative estimate of drug-likeness (QED) is 0.436. The molecule has 27 heavy (non-hydrogen) atoms. The van der Waals surface area contributed by atoms with Crippen molar-refractivity contribution in [1.29, 1.82) is 0 Å². The number of ketones is 1. The third-order valence-corrected chi connectivity index (χ3v) is 3.97. The van der Waals surface area contributed by atoms with Crippen molar-refractivity contribution in [2.75, 3.05) is 0 Å². The van der Waals surface area contributed by atoms with Crippen LogP contribution in [0.5, 0.6) is 0 Å². The van der Waals surface area contributed by atoms with Crippen LogP contribution in [0.25, 0.3) is 11.0 Å². The number of benzene rings is 1. The Bertz CT molecular complexity index is 964. The van der Waals surface area contributed by atoms with Crippen molar-refractivity contribution < 1.29 is 14.8 Å². The van der Waals surface area contributed by atoms with E-state index in [0.717, 1.165) is 11.0 Å². The number of aryl methyl sites for hydroxylation is 1. The van der Waals surface area contributed by atoms with Crippen molar-refractivity contribution in [1.82, 2.24) is 9.13 Å². The van der Waals surface area contributed by atoms with Crippen molar-refractivity contribution in [2.45, 2.75) is 39.5 Å². The number of imidazole rings is 1. The lowest BCUT2D eigenvalue weighted by Crippen LogP contribution is -2.28. The van der Waals surface area contributed by atoms with Crippen LogP contribution in [0.15, 0.2) is 53.2 Å². The molecule has 0 saturated carbocycles. The van der Waals surface area contributed by atoms with E-state index in [4.69, 9.17) is 0 Å². The molecule has 2 rings (SSSR count). The zero-order valence-corrected chi connectivity index (χ0v) is 15.7. The molecule has 8 nitrogen and oxygen atoms in total. The summed E-state index contributed by atoms with van der Waals surface area (Å²) in [6.07, 6.45) is 4.07. The number of aromatic nitrogens is 2. The maximum Gasteiger partial charge on any atom is 0.265 e. The molecule has 144 valence electrons. The van der Waals surface area contributed by atoms with Gasteiger partial charge in [0.15, 0.2) is 5.78 Å². The molecule has 0 saturated heterocycles. The minimum absolute atomic E-state index is 0.0205. The molecule has 0 aliphatic heterocycles. The predicted octanol–water partition coefficient (Wildman–Crippen LogP) is 2.30. The number of aliphatic hydroxyl groups excluding tert-OH is 1. The van der Waals surface area contributed by atoms with E-state index in [1.54, 1.807) is 11.5 Å². The molecule has 0 radical (unpaired) electrons. The van der Waals surface area contributed by atoms with Crippen molar-refractivity contribution in [2.24, 2.45) is 12.0 Å². The monoisotopic (exact) mass is 372 g/mol. The molecule has 0 spiro atoms. The van der Waals surface area contributed by atoms with Crippen LogP contribution in [-0.2, 0) is 18.4 Å². The number of rotatable bonds is 8. The summed E-state index contributed by atoms with van der Waals surface area (Å²) in [4.78, 5) is 27.1. The van der Waals surface area contributed by atoms with E-state index in [1.165, 1.54) is 18.2 Å². The van der Waals surface area contributed by atoms with E-state index < -0.39 is 11.2 Å². The van der Waals surface area contributed by atoms with Gasteiger partial charge in [-0.2, -0.15) is 0 Å². The Morgan fingerprint density at radius 1 is 1.37 bits per heavy atom. The highest BCUT2D eigenvalue weighted by Gasteiger charge is 2.12. The number of para-hydroxylation sites is 2. The Balaban J connectivity index is 2.29. The lowest BCUT2D eigenvalue weighted by molar-refractivity contribution is -0.419. The summed E-state index contributed by atoms with van der Waals surface area (Å²) in [7, 11) is 1.82. The molecule has 8 heteroatoms. The number of hydrogen-bond acceptors (Lipinski definition) is 5. The van der Waals surface area contributed by atoms with E-state index in [0.29, 0.717) is 12.0 Å². The van der Waals surface area contributed by atoms with Gasteiger partial charge in [-0.15, -0.1) is 0 Å². The second-order valence-electron chi connectivity index (χ2n) is 6.13. The van der Waals surface area contributed by atoms with Gasteiger partial charge in [-0.25, -0.2) is 4.99 Å². The first kappa shape index (κ1) is 20.3. The second-order valence-corrected chi connectivity index (χ2v) is 6.13. The second kappa shape index (κ2) is 9.09. The molecule has 0 fully saturated rings. The van der Waals surface area contributed by atoms with Crippen LogP contribution < -0.4 is 5.62 Å². The minimum atomic E-state index is -0.906. The topological polar surface area (TPSA) is 103 Å². The Morgan fingerprint density at radius 3 is 2.63 bits per heavy atom. The molecule has 0 amide bonds. The van der Waals surface area contributed by atoms with Gasteiger partial charge in [0.1, 0.15) is 6.23 Å². The van der Waals surface area contributed by atoms with Crippen LogP contribution in [0, 0.1) is 10.1 Å². The molecule has 1 N–H and O–H groups in total. The van der Waals surface area contributed by atoms with Gasteiger partial charge in [-0.1, -0.05) is 25.1 Å². The first-order valence-electron chi connectivity index (χ1n) is 8.74. The molecule has 0 aliphatic carbocycles. The summed E-state index contributed by atoms with van der Waals surface area (Å²) in [6, 6.07) is 7.56. The fourth-order valence-electron chi connectivity index (χ4n) is 2.82. The zero-order valence-electron chi connectivity index (χ0n) is 15.7. The van der Waals surface area contributed by atoms with Crippen LogP contribution in [0.1, 0.15) is 26.7 Å². The first-order valence-corrected chi connectivity index (χ1v) is 8.74. The van der Waals surface area contributed by atoms with E-state index >= 15 is 0 Å². The molecule has 1 aromatic carbocycles. The number of fused-ring (bicyclic) bond motifs is 1. The number of carbonyl (C=O) groups excluding carboxylic acids is 1. The van der Waals surface area contributed by atoms with E-state index in [9.17, 15) is 20.0 Å². The lowest BCUT2D eigenvalue weighted by Gasteiger charge is -2.04. The minimum Gasteiger partial charge on any atom is -0.372 e. The smallest absolute Gasteiger partial charge is 0.265 e. The van der Waals surface area contributed by atoms with Gasteiger partial charge in [0.05, 0.1) is 22.5 Å². The Labute approximate surface area is 156 Å². The fraction of sp³-hybridized carbons (Fsp3) is 0.368. The van der Waals surface area contributed by atoms with Gasteiger partial charge in [0.25, 0.3) is 5.70 Å². The highest BCUT2D eigenvalue weighted by molar-refractivity contribution is 5.83. The normalized spacial score (nSPS) is 14.2. The molecule has 0 bridgehead atoms. The fourth-order valence-corrected chi connectivity index (χ4v) is 2.82. The van der Waals surface area contributed by atoms with Gasteiger partial charge in [0, 0.05) is 19.5 Å². The predicted molar refractivity (Wildman–Crippen MR) is 102 cm³/mol. The highest BCUT2D eigenvalue weighted by Crippen LogP contribution is 2.12. The SMILES string of the molecule is CC/C=C(\C=C/CC(=O)Cn1/c(=N\C(C)O)n(C)c2ccccc21)[N+](=O)[O-]. The van der Waals surface area contributed by atoms with Crippen molar-refractivity contribution >= 4 is 16.8 Å². The maximum atomic E-state index is 12.4. The summed E-state index contributed by atoms with van der Waals surface area (Å²) < 4.78 is 3.56. The number of nitrogens with zero attached hydrogens (tertiary/aromatic N) is 4. The Kier molecular flexibility index (Phi) is 6.84. The van der Waals surface area contributed by atoms with Crippen LogP contribution in [0.3, 0.4) is 0 Å². The van der Waals surface area contributed by atoms with Crippen molar-refractivity contribution in [3.8, 4) is 0 Å². The lowest BCUT2D eigenvalue weighted by atomic mass is 10.2. The first-order chi connectivity index (χ1) is 12.8. The van der Waals surface area contributed by atoms with Crippen LogP contribution in [0.4, 0.5) is 0 Å². The number of carbonyl (C=O) groups is 1. The van der Waals surface area contributed by atoms with Crippen molar-refractivity contribution in [3.05, 3.63) is 63.9 Å².